The van der Waals surface area contributed by atoms with Gasteiger partial charge in [-0.25, -0.2) is 17.2 Å². The third-order valence-corrected chi connectivity index (χ3v) is 6.27. The van der Waals surface area contributed by atoms with E-state index in [9.17, 15) is 22.0 Å². The number of benzene rings is 1. The molecule has 21 heavy (non-hydrogen) atoms. The number of hydrogen-bond acceptors (Lipinski definition) is 3. The Labute approximate surface area is 120 Å². The lowest BCUT2D eigenvalue weighted by Crippen LogP contribution is -2.38. The van der Waals surface area contributed by atoms with Crippen molar-refractivity contribution in [2.75, 3.05) is 0 Å². The molecule has 0 amide bonds. The van der Waals surface area contributed by atoms with Crippen LogP contribution >= 0.6 is 0 Å². The highest BCUT2D eigenvalue weighted by atomic mass is 32.2. The van der Waals surface area contributed by atoms with Gasteiger partial charge in [-0.2, -0.15) is 4.31 Å². The van der Waals surface area contributed by atoms with Crippen LogP contribution in [-0.2, 0) is 14.8 Å². The number of fused-ring (bicyclic) bond motifs is 2. The summed E-state index contributed by atoms with van der Waals surface area (Å²) in [6, 6.07) is 1.62. The van der Waals surface area contributed by atoms with Crippen LogP contribution in [0.15, 0.2) is 23.1 Å². The van der Waals surface area contributed by atoms with Gasteiger partial charge in [-0.05, 0) is 31.4 Å². The van der Waals surface area contributed by atoms with E-state index in [1.165, 1.54) is 0 Å². The van der Waals surface area contributed by atoms with E-state index < -0.39 is 50.5 Å². The second kappa shape index (κ2) is 4.74. The number of sulfonamides is 1. The molecule has 1 N–H and O–H groups in total. The highest BCUT2D eigenvalue weighted by molar-refractivity contribution is 7.89. The Balaban J connectivity index is 2.06. The Morgan fingerprint density at radius 3 is 2.38 bits per heavy atom. The van der Waals surface area contributed by atoms with Crippen LogP contribution < -0.4 is 0 Å². The van der Waals surface area contributed by atoms with Gasteiger partial charge in [0.15, 0.2) is 4.90 Å². The summed E-state index contributed by atoms with van der Waals surface area (Å²) in [5.74, 6) is -4.20. The molecular weight excluding hydrogens is 304 g/mol. The topological polar surface area (TPSA) is 74.7 Å². The molecule has 5 nitrogen and oxygen atoms in total. The van der Waals surface area contributed by atoms with E-state index in [4.69, 9.17) is 5.11 Å². The summed E-state index contributed by atoms with van der Waals surface area (Å²) in [6.45, 7) is 0. The van der Waals surface area contributed by atoms with Crippen molar-refractivity contribution >= 4 is 16.0 Å². The van der Waals surface area contributed by atoms with Crippen LogP contribution in [0, 0.1) is 17.6 Å². The molecule has 3 unspecified atom stereocenters. The van der Waals surface area contributed by atoms with Crippen molar-refractivity contribution in [1.29, 1.82) is 0 Å². The molecule has 0 radical (unpaired) electrons. The molecule has 2 aliphatic rings. The molecule has 2 aliphatic heterocycles. The highest BCUT2D eigenvalue weighted by Gasteiger charge is 2.55. The molecule has 2 heterocycles. The Bertz CT molecular complexity index is 686. The number of carboxylic acid groups (broad SMARTS) is 1. The SMILES string of the molecule is O=C(O)C1CC2CCC1N2S(=O)(=O)c1c(F)cccc1F. The molecule has 2 bridgehead atoms. The third-order valence-electron chi connectivity index (χ3n) is 4.24. The van der Waals surface area contributed by atoms with E-state index in [1.54, 1.807) is 0 Å². The first-order valence-corrected chi connectivity index (χ1v) is 7.98. The number of carbonyl (C=O) groups is 1. The van der Waals surface area contributed by atoms with Gasteiger partial charge in [-0.15, -0.1) is 0 Å². The van der Waals surface area contributed by atoms with Crippen LogP contribution in [0.4, 0.5) is 8.78 Å². The summed E-state index contributed by atoms with van der Waals surface area (Å²) >= 11 is 0. The predicted octanol–water partition coefficient (Wildman–Crippen LogP) is 1.59. The van der Waals surface area contributed by atoms with Crippen LogP contribution in [-0.4, -0.2) is 35.9 Å². The van der Waals surface area contributed by atoms with Crippen LogP contribution in [0.2, 0.25) is 0 Å². The van der Waals surface area contributed by atoms with Crippen LogP contribution in [0.3, 0.4) is 0 Å². The smallest absolute Gasteiger partial charge is 0.308 e. The average molecular weight is 317 g/mol. The second-order valence-corrected chi connectivity index (χ2v) is 7.14. The fraction of sp³-hybridized carbons (Fsp3) is 0.462. The zero-order chi connectivity index (χ0) is 15.4. The molecule has 0 spiro atoms. The fourth-order valence-electron chi connectivity index (χ4n) is 3.41. The summed E-state index contributed by atoms with van der Waals surface area (Å²) in [5, 5.41) is 9.13. The van der Waals surface area contributed by atoms with Gasteiger partial charge in [0.2, 0.25) is 10.0 Å². The molecule has 8 heteroatoms. The van der Waals surface area contributed by atoms with E-state index in [-0.39, 0.29) is 6.42 Å². The molecule has 114 valence electrons. The van der Waals surface area contributed by atoms with Gasteiger partial charge >= 0.3 is 5.97 Å². The minimum atomic E-state index is -4.38. The minimum absolute atomic E-state index is 0.190. The maximum atomic E-state index is 13.8. The maximum absolute atomic E-state index is 13.8. The summed E-state index contributed by atoms with van der Waals surface area (Å²) in [5.41, 5.74) is 0. The van der Waals surface area contributed by atoms with E-state index in [1.807, 2.05) is 0 Å². The predicted molar refractivity (Wildman–Crippen MR) is 67.9 cm³/mol. The summed E-state index contributed by atoms with van der Waals surface area (Å²) in [7, 11) is -4.38. The van der Waals surface area contributed by atoms with Gasteiger partial charge in [0, 0.05) is 12.1 Å². The van der Waals surface area contributed by atoms with Crippen molar-refractivity contribution in [3.05, 3.63) is 29.8 Å². The lowest BCUT2D eigenvalue weighted by Gasteiger charge is -2.22. The van der Waals surface area contributed by atoms with E-state index in [2.05, 4.69) is 0 Å². The molecular formula is C13H13F2NO4S. The third kappa shape index (κ3) is 2.04. The largest absolute Gasteiger partial charge is 0.481 e. The molecule has 1 aromatic carbocycles. The number of carboxylic acids is 1. The first kappa shape index (κ1) is 14.4. The maximum Gasteiger partial charge on any atom is 0.308 e. The van der Waals surface area contributed by atoms with Gasteiger partial charge in [-0.1, -0.05) is 6.07 Å². The van der Waals surface area contributed by atoms with Crippen molar-refractivity contribution in [2.24, 2.45) is 5.92 Å². The van der Waals surface area contributed by atoms with E-state index in [0.29, 0.717) is 12.8 Å². The molecule has 2 saturated heterocycles. The van der Waals surface area contributed by atoms with Crippen molar-refractivity contribution in [2.45, 2.75) is 36.2 Å². The molecule has 3 atom stereocenters. The number of halogens is 2. The number of aliphatic carboxylic acids is 1. The zero-order valence-electron chi connectivity index (χ0n) is 10.9. The van der Waals surface area contributed by atoms with Crippen molar-refractivity contribution < 1.29 is 27.1 Å². The fourth-order valence-corrected chi connectivity index (χ4v) is 5.45. The van der Waals surface area contributed by atoms with E-state index >= 15 is 0 Å². The summed E-state index contributed by atoms with van der Waals surface area (Å²) in [6.07, 6.45) is 1.11. The average Bonchev–Trinajstić information content (AvgIpc) is 2.96. The second-order valence-electron chi connectivity index (χ2n) is 5.36. The Morgan fingerprint density at radius 2 is 1.86 bits per heavy atom. The lowest BCUT2D eigenvalue weighted by molar-refractivity contribution is -0.142. The normalized spacial score (nSPS) is 29.0. The first-order chi connectivity index (χ1) is 9.84. The van der Waals surface area contributed by atoms with Crippen molar-refractivity contribution in [1.82, 2.24) is 4.31 Å². The minimum Gasteiger partial charge on any atom is -0.481 e. The van der Waals surface area contributed by atoms with Gasteiger partial charge in [0.1, 0.15) is 11.6 Å². The number of hydrogen-bond donors (Lipinski definition) is 1. The van der Waals surface area contributed by atoms with Gasteiger partial charge in [0.25, 0.3) is 0 Å². The molecule has 2 fully saturated rings. The highest BCUT2D eigenvalue weighted by Crippen LogP contribution is 2.45. The monoisotopic (exact) mass is 317 g/mol. The molecule has 0 saturated carbocycles. The molecule has 0 aliphatic carbocycles. The lowest BCUT2D eigenvalue weighted by atomic mass is 9.89. The standard InChI is InChI=1S/C13H13F2NO4S/c14-9-2-1-3-10(15)12(9)21(19,20)16-7-4-5-11(16)8(6-7)13(17)18/h1-3,7-8,11H,4-6H2,(H,17,18). The van der Waals surface area contributed by atoms with Gasteiger partial charge in [-0.3, -0.25) is 4.79 Å². The Hall–Kier alpha value is -1.54. The van der Waals surface area contributed by atoms with Crippen molar-refractivity contribution in [3.8, 4) is 0 Å². The van der Waals surface area contributed by atoms with Crippen LogP contribution in [0.1, 0.15) is 19.3 Å². The Morgan fingerprint density at radius 1 is 1.24 bits per heavy atom. The van der Waals surface area contributed by atoms with Gasteiger partial charge in [0.05, 0.1) is 5.92 Å². The van der Waals surface area contributed by atoms with Crippen LogP contribution in [0.5, 0.6) is 0 Å². The zero-order valence-corrected chi connectivity index (χ0v) is 11.7. The molecule has 3 rings (SSSR count). The number of rotatable bonds is 3. The van der Waals surface area contributed by atoms with Crippen LogP contribution in [0.25, 0.3) is 0 Å². The summed E-state index contributed by atoms with van der Waals surface area (Å²) in [4.78, 5) is 10.2. The van der Waals surface area contributed by atoms with Gasteiger partial charge < -0.3 is 5.11 Å². The summed E-state index contributed by atoms with van der Waals surface area (Å²) < 4.78 is 53.6. The Kier molecular flexibility index (Phi) is 3.25. The molecule has 1 aromatic rings. The van der Waals surface area contributed by atoms with Crippen molar-refractivity contribution in [3.63, 3.8) is 0 Å². The number of nitrogens with zero attached hydrogens (tertiary/aromatic N) is 1. The molecule has 0 aromatic heterocycles. The van der Waals surface area contributed by atoms with E-state index in [0.717, 1.165) is 22.5 Å². The quantitative estimate of drug-likeness (QED) is 0.919. The first-order valence-electron chi connectivity index (χ1n) is 6.54.